The smallest absolute Gasteiger partial charge is 0.264 e. The Balaban J connectivity index is 2.20. The van der Waals surface area contributed by atoms with E-state index < -0.39 is 16.2 Å². The number of benzene rings is 2. The third-order valence-corrected chi connectivity index (χ3v) is 3.16. The lowest BCUT2D eigenvalue weighted by molar-refractivity contribution is 0.112. The Hall–Kier alpha value is -1.43. The molecule has 0 amide bonds. The molecule has 1 N–H and O–H groups in total. The zero-order chi connectivity index (χ0) is 13.2. The van der Waals surface area contributed by atoms with Gasteiger partial charge in [0.1, 0.15) is 6.10 Å². The number of hydrogen-bond donors (Lipinski definition) is 1. The summed E-state index contributed by atoms with van der Waals surface area (Å²) in [6.07, 6.45) is 0.00412. The van der Waals surface area contributed by atoms with Crippen molar-refractivity contribution in [3.63, 3.8) is 0 Å². The Morgan fingerprint density at radius 2 is 1.83 bits per heavy atom. The van der Waals surface area contributed by atoms with Crippen molar-refractivity contribution in [1.29, 1.82) is 0 Å². The van der Waals surface area contributed by atoms with Crippen LogP contribution in [0.5, 0.6) is 0 Å². The molecule has 0 spiro atoms. The van der Waals surface area contributed by atoms with Gasteiger partial charge in [-0.2, -0.15) is 8.42 Å². The van der Waals surface area contributed by atoms with E-state index in [0.29, 0.717) is 5.56 Å². The largest absolute Gasteiger partial charge is 0.386 e. The topological polar surface area (TPSA) is 63.6 Å². The summed E-state index contributed by atoms with van der Waals surface area (Å²) in [5.41, 5.74) is 0.636. The van der Waals surface area contributed by atoms with E-state index in [1.54, 1.807) is 6.07 Å². The van der Waals surface area contributed by atoms with E-state index in [2.05, 4.69) is 4.18 Å². The predicted octanol–water partition coefficient (Wildman–Crippen LogP) is 1.85. The van der Waals surface area contributed by atoms with E-state index in [9.17, 15) is 13.5 Å². The van der Waals surface area contributed by atoms with Crippen LogP contribution in [0.15, 0.2) is 42.5 Å². The first-order valence-corrected chi connectivity index (χ1v) is 7.28. The lowest BCUT2D eigenvalue weighted by Gasteiger charge is -2.11. The van der Waals surface area contributed by atoms with E-state index in [1.165, 1.54) is 0 Å². The van der Waals surface area contributed by atoms with Gasteiger partial charge >= 0.3 is 0 Å². The van der Waals surface area contributed by atoms with Gasteiger partial charge in [-0.3, -0.25) is 4.18 Å². The SMILES string of the molecule is CS(=O)(=O)OC[C@@H](O)c1ccc2ccccc2c1. The van der Waals surface area contributed by atoms with Crippen molar-refractivity contribution in [1.82, 2.24) is 0 Å². The average Bonchev–Trinajstić information content (AvgIpc) is 2.34. The summed E-state index contributed by atoms with van der Waals surface area (Å²) in [6, 6.07) is 13.2. The molecule has 96 valence electrons. The zero-order valence-corrected chi connectivity index (χ0v) is 10.7. The standard InChI is InChI=1S/C13H14O4S/c1-18(15,16)17-9-13(14)12-7-6-10-4-2-3-5-11(10)8-12/h2-8,13-14H,9H2,1H3/t13-/m1/s1. The van der Waals surface area contributed by atoms with Crippen LogP contribution in [0.2, 0.25) is 0 Å². The van der Waals surface area contributed by atoms with Crippen molar-refractivity contribution < 1.29 is 17.7 Å². The molecule has 4 nitrogen and oxygen atoms in total. The van der Waals surface area contributed by atoms with Crippen LogP contribution in [-0.4, -0.2) is 26.4 Å². The quantitative estimate of drug-likeness (QED) is 0.858. The number of aliphatic hydroxyl groups is 1. The minimum atomic E-state index is -3.53. The highest BCUT2D eigenvalue weighted by Crippen LogP contribution is 2.20. The molecule has 0 unspecified atom stereocenters. The van der Waals surface area contributed by atoms with Crippen molar-refractivity contribution in [2.24, 2.45) is 0 Å². The number of hydrogen-bond acceptors (Lipinski definition) is 4. The predicted molar refractivity (Wildman–Crippen MR) is 69.7 cm³/mol. The normalized spacial score (nSPS) is 13.7. The summed E-state index contributed by atoms with van der Waals surface area (Å²) in [5, 5.41) is 11.9. The second-order valence-corrected chi connectivity index (χ2v) is 5.75. The molecule has 2 aromatic rings. The zero-order valence-electron chi connectivity index (χ0n) is 9.91. The van der Waals surface area contributed by atoms with Crippen LogP contribution in [0.3, 0.4) is 0 Å². The molecule has 0 aliphatic carbocycles. The van der Waals surface area contributed by atoms with Gasteiger partial charge in [0.05, 0.1) is 12.9 Å². The summed E-state index contributed by atoms with van der Waals surface area (Å²) in [4.78, 5) is 0. The van der Waals surface area contributed by atoms with E-state index in [4.69, 9.17) is 0 Å². The van der Waals surface area contributed by atoms with Gasteiger partial charge < -0.3 is 5.11 Å². The van der Waals surface area contributed by atoms with Gasteiger partial charge in [0.15, 0.2) is 0 Å². The van der Waals surface area contributed by atoms with Crippen molar-refractivity contribution in [2.45, 2.75) is 6.10 Å². The van der Waals surface area contributed by atoms with Crippen LogP contribution >= 0.6 is 0 Å². The molecule has 0 bridgehead atoms. The highest BCUT2D eigenvalue weighted by atomic mass is 32.2. The fourth-order valence-corrected chi connectivity index (χ4v) is 2.08. The van der Waals surface area contributed by atoms with Gasteiger partial charge in [-0.15, -0.1) is 0 Å². The first-order valence-electron chi connectivity index (χ1n) is 5.47. The first-order chi connectivity index (χ1) is 8.46. The molecule has 2 rings (SSSR count). The van der Waals surface area contributed by atoms with Crippen LogP contribution < -0.4 is 0 Å². The second kappa shape index (κ2) is 5.06. The summed E-state index contributed by atoms with van der Waals surface area (Å²) >= 11 is 0. The van der Waals surface area contributed by atoms with E-state index in [1.807, 2.05) is 36.4 Å². The van der Waals surface area contributed by atoms with Gasteiger partial charge in [-0.1, -0.05) is 36.4 Å². The Labute approximate surface area is 106 Å². The fraction of sp³-hybridized carbons (Fsp3) is 0.231. The molecule has 0 saturated carbocycles. The highest BCUT2D eigenvalue weighted by molar-refractivity contribution is 7.85. The maximum absolute atomic E-state index is 10.8. The summed E-state index contributed by atoms with van der Waals surface area (Å²) < 4.78 is 26.3. The molecule has 0 aromatic heterocycles. The van der Waals surface area contributed by atoms with Gasteiger partial charge in [-0.25, -0.2) is 0 Å². The van der Waals surface area contributed by atoms with E-state index in [0.717, 1.165) is 17.0 Å². The van der Waals surface area contributed by atoms with E-state index in [-0.39, 0.29) is 6.61 Å². The molecule has 0 heterocycles. The van der Waals surface area contributed by atoms with Crippen LogP contribution in [0.25, 0.3) is 10.8 Å². The molecule has 0 saturated heterocycles. The van der Waals surface area contributed by atoms with Crippen LogP contribution in [0, 0.1) is 0 Å². The number of aliphatic hydroxyl groups excluding tert-OH is 1. The minimum Gasteiger partial charge on any atom is -0.386 e. The van der Waals surface area contributed by atoms with Gasteiger partial charge in [0.25, 0.3) is 10.1 Å². The maximum atomic E-state index is 10.8. The summed E-state index contributed by atoms with van der Waals surface area (Å²) in [5.74, 6) is 0. The minimum absolute atomic E-state index is 0.267. The Morgan fingerprint density at radius 1 is 1.17 bits per heavy atom. The van der Waals surface area contributed by atoms with Crippen LogP contribution in [0.4, 0.5) is 0 Å². The fourth-order valence-electron chi connectivity index (χ4n) is 1.70. The molecule has 18 heavy (non-hydrogen) atoms. The molecule has 0 radical (unpaired) electrons. The summed E-state index contributed by atoms with van der Waals surface area (Å²) in [7, 11) is -3.53. The van der Waals surface area contributed by atoms with Crippen LogP contribution in [0.1, 0.15) is 11.7 Å². The average molecular weight is 266 g/mol. The van der Waals surface area contributed by atoms with Crippen LogP contribution in [-0.2, 0) is 14.3 Å². The highest BCUT2D eigenvalue weighted by Gasteiger charge is 2.11. The van der Waals surface area contributed by atoms with Crippen molar-refractivity contribution in [3.8, 4) is 0 Å². The first kappa shape index (κ1) is 13.0. The molecular formula is C13H14O4S. The van der Waals surface area contributed by atoms with Gasteiger partial charge in [-0.05, 0) is 22.4 Å². The summed E-state index contributed by atoms with van der Waals surface area (Å²) in [6.45, 7) is -0.267. The van der Waals surface area contributed by atoms with Gasteiger partial charge in [0.2, 0.25) is 0 Å². The second-order valence-electron chi connectivity index (χ2n) is 4.11. The number of rotatable bonds is 4. The third kappa shape index (κ3) is 3.29. The molecule has 1 atom stereocenters. The Kier molecular flexibility index (Phi) is 3.65. The lowest BCUT2D eigenvalue weighted by Crippen LogP contribution is -2.11. The van der Waals surface area contributed by atoms with Gasteiger partial charge in [0, 0.05) is 0 Å². The molecule has 2 aromatic carbocycles. The monoisotopic (exact) mass is 266 g/mol. The molecule has 0 aliphatic heterocycles. The van der Waals surface area contributed by atoms with E-state index >= 15 is 0 Å². The van der Waals surface area contributed by atoms with Crippen molar-refractivity contribution in [2.75, 3.05) is 12.9 Å². The lowest BCUT2D eigenvalue weighted by atomic mass is 10.0. The Bertz CT molecular complexity index is 649. The number of fused-ring (bicyclic) bond motifs is 1. The molecule has 0 aliphatic rings. The molecule has 5 heteroatoms. The Morgan fingerprint density at radius 3 is 2.50 bits per heavy atom. The molecule has 0 fully saturated rings. The third-order valence-electron chi connectivity index (χ3n) is 2.60. The molecular weight excluding hydrogens is 252 g/mol. The van der Waals surface area contributed by atoms with Crippen molar-refractivity contribution >= 4 is 20.9 Å². The maximum Gasteiger partial charge on any atom is 0.264 e. The van der Waals surface area contributed by atoms with Crippen molar-refractivity contribution in [3.05, 3.63) is 48.0 Å².